The zero-order valence-electron chi connectivity index (χ0n) is 10.1. The van der Waals surface area contributed by atoms with Gasteiger partial charge in [0.15, 0.2) is 0 Å². The largest absolute Gasteiger partial charge is 0.507 e. The van der Waals surface area contributed by atoms with Crippen LogP contribution in [-0.2, 0) is 4.74 Å². The Hall–Kier alpha value is -2.08. The van der Waals surface area contributed by atoms with Crippen molar-refractivity contribution in [3.05, 3.63) is 24.0 Å². The van der Waals surface area contributed by atoms with Crippen molar-refractivity contribution in [3.8, 4) is 23.0 Å². The summed E-state index contributed by atoms with van der Waals surface area (Å²) in [7, 11) is 1.56. The molecule has 2 N–H and O–H groups in total. The molecule has 6 nitrogen and oxygen atoms in total. The van der Waals surface area contributed by atoms with E-state index in [1.165, 1.54) is 18.2 Å². The molecule has 2 aromatic rings. The van der Waals surface area contributed by atoms with E-state index in [-0.39, 0.29) is 29.1 Å². The Morgan fingerprint density at radius 3 is 2.56 bits per heavy atom. The monoisotopic (exact) mass is 250 g/mol. The van der Waals surface area contributed by atoms with Gasteiger partial charge in [0.1, 0.15) is 23.2 Å². The fourth-order valence-corrected chi connectivity index (χ4v) is 1.67. The normalized spacial score (nSPS) is 12.6. The number of ether oxygens (including phenoxy) is 1. The summed E-state index contributed by atoms with van der Waals surface area (Å²) in [4.78, 5) is 4.12. The summed E-state index contributed by atoms with van der Waals surface area (Å²) in [5, 5.41) is 23.2. The molecule has 96 valence electrons. The van der Waals surface area contributed by atoms with Crippen LogP contribution in [0.25, 0.3) is 11.5 Å². The van der Waals surface area contributed by atoms with Crippen LogP contribution in [0.15, 0.2) is 22.7 Å². The van der Waals surface area contributed by atoms with Crippen LogP contribution in [0, 0.1) is 0 Å². The molecular weight excluding hydrogens is 236 g/mol. The van der Waals surface area contributed by atoms with Crippen LogP contribution in [0.5, 0.6) is 11.5 Å². The molecule has 0 radical (unpaired) electrons. The Labute approximate surface area is 104 Å². The molecular formula is C12H14N2O4. The van der Waals surface area contributed by atoms with E-state index in [0.717, 1.165) is 0 Å². The summed E-state index contributed by atoms with van der Waals surface area (Å²) in [6.45, 7) is 1.93. The molecule has 0 fully saturated rings. The van der Waals surface area contributed by atoms with Gasteiger partial charge >= 0.3 is 0 Å². The topological polar surface area (TPSA) is 88.6 Å². The molecule has 2 rings (SSSR count). The fourth-order valence-electron chi connectivity index (χ4n) is 1.67. The van der Waals surface area contributed by atoms with Crippen LogP contribution >= 0.6 is 0 Å². The maximum atomic E-state index is 9.69. The summed E-state index contributed by atoms with van der Waals surface area (Å²) in [5.41, 5.74) is 0.127. The molecule has 1 atom stereocenters. The van der Waals surface area contributed by atoms with Gasteiger partial charge in [-0.05, 0) is 18.6 Å². The lowest BCUT2D eigenvalue weighted by molar-refractivity contribution is 0.0903. The highest BCUT2D eigenvalue weighted by Crippen LogP contribution is 2.36. The van der Waals surface area contributed by atoms with Crippen molar-refractivity contribution in [1.82, 2.24) is 10.1 Å². The molecule has 0 aliphatic heterocycles. The lowest BCUT2D eigenvalue weighted by atomic mass is 10.2. The van der Waals surface area contributed by atoms with Gasteiger partial charge in [0.2, 0.25) is 5.82 Å². The third-order valence-corrected chi connectivity index (χ3v) is 2.62. The van der Waals surface area contributed by atoms with Crippen LogP contribution < -0.4 is 0 Å². The van der Waals surface area contributed by atoms with Crippen LogP contribution in [0.4, 0.5) is 0 Å². The van der Waals surface area contributed by atoms with Gasteiger partial charge in [0.25, 0.3) is 5.89 Å². The van der Waals surface area contributed by atoms with E-state index in [4.69, 9.17) is 9.26 Å². The number of phenols is 2. The highest BCUT2D eigenvalue weighted by Gasteiger charge is 2.20. The maximum Gasteiger partial charge on any atom is 0.265 e. The summed E-state index contributed by atoms with van der Waals surface area (Å²) in [6, 6.07) is 4.40. The molecule has 0 aliphatic rings. The van der Waals surface area contributed by atoms with E-state index in [2.05, 4.69) is 10.1 Å². The Balaban J connectivity index is 2.41. The predicted octanol–water partition coefficient (Wildman–Crippen LogP) is 2.25. The van der Waals surface area contributed by atoms with Gasteiger partial charge in [-0.15, -0.1) is 0 Å². The van der Waals surface area contributed by atoms with Crippen molar-refractivity contribution < 1.29 is 19.5 Å². The standard InChI is InChI=1S/C12H14N2O4/c1-3-9(17-2)11-13-12(18-14-11)10-7(15)5-4-6-8(10)16/h4-6,9,15-16H,3H2,1-2H3. The summed E-state index contributed by atoms with van der Waals surface area (Å²) in [5.74, 6) is 0.222. The van der Waals surface area contributed by atoms with Crippen molar-refractivity contribution in [2.45, 2.75) is 19.4 Å². The molecule has 0 saturated heterocycles. The predicted molar refractivity (Wildman–Crippen MR) is 63.1 cm³/mol. The smallest absolute Gasteiger partial charge is 0.265 e. The van der Waals surface area contributed by atoms with Gasteiger partial charge in [-0.2, -0.15) is 4.98 Å². The SMILES string of the molecule is CCC(OC)c1noc(-c2c(O)cccc2O)n1. The molecule has 0 bridgehead atoms. The van der Waals surface area contributed by atoms with E-state index in [9.17, 15) is 10.2 Å². The Morgan fingerprint density at radius 2 is 2.00 bits per heavy atom. The van der Waals surface area contributed by atoms with E-state index >= 15 is 0 Å². The maximum absolute atomic E-state index is 9.69. The molecule has 0 spiro atoms. The number of aromatic hydroxyl groups is 2. The van der Waals surface area contributed by atoms with Crippen molar-refractivity contribution >= 4 is 0 Å². The first kappa shape index (κ1) is 12.4. The fraction of sp³-hybridized carbons (Fsp3) is 0.333. The molecule has 0 aliphatic carbocycles. The van der Waals surface area contributed by atoms with Crippen LogP contribution in [0.3, 0.4) is 0 Å². The number of benzene rings is 1. The number of phenolic OH excluding ortho intramolecular Hbond substituents is 2. The van der Waals surface area contributed by atoms with Gasteiger partial charge in [-0.25, -0.2) is 0 Å². The molecule has 18 heavy (non-hydrogen) atoms. The van der Waals surface area contributed by atoms with Gasteiger partial charge in [-0.1, -0.05) is 18.1 Å². The Bertz CT molecular complexity index is 514. The third kappa shape index (κ3) is 2.14. The molecule has 6 heteroatoms. The van der Waals surface area contributed by atoms with Gasteiger partial charge in [-0.3, -0.25) is 0 Å². The first-order valence-electron chi connectivity index (χ1n) is 5.55. The lowest BCUT2D eigenvalue weighted by Gasteiger charge is -2.06. The highest BCUT2D eigenvalue weighted by atomic mass is 16.5. The quantitative estimate of drug-likeness (QED) is 0.865. The first-order valence-corrected chi connectivity index (χ1v) is 5.55. The lowest BCUT2D eigenvalue weighted by Crippen LogP contribution is -2.01. The van der Waals surface area contributed by atoms with E-state index in [1.54, 1.807) is 7.11 Å². The Morgan fingerprint density at radius 1 is 1.33 bits per heavy atom. The molecule has 0 saturated carbocycles. The number of nitrogens with zero attached hydrogens (tertiary/aromatic N) is 2. The average Bonchev–Trinajstić information content (AvgIpc) is 2.80. The van der Waals surface area contributed by atoms with Crippen LogP contribution in [-0.4, -0.2) is 27.5 Å². The number of hydrogen-bond acceptors (Lipinski definition) is 6. The van der Waals surface area contributed by atoms with Crippen LogP contribution in [0.1, 0.15) is 25.3 Å². The van der Waals surface area contributed by atoms with Crippen LogP contribution in [0.2, 0.25) is 0 Å². The highest BCUT2D eigenvalue weighted by molar-refractivity contribution is 5.69. The zero-order valence-corrected chi connectivity index (χ0v) is 10.1. The minimum atomic E-state index is -0.268. The van der Waals surface area contributed by atoms with Crippen molar-refractivity contribution in [2.24, 2.45) is 0 Å². The first-order chi connectivity index (χ1) is 8.67. The number of rotatable bonds is 4. The minimum Gasteiger partial charge on any atom is -0.507 e. The molecule has 1 aromatic carbocycles. The average molecular weight is 250 g/mol. The number of methoxy groups -OCH3 is 1. The Kier molecular flexibility index (Phi) is 3.47. The van der Waals surface area contributed by atoms with E-state index < -0.39 is 0 Å². The number of hydrogen-bond donors (Lipinski definition) is 2. The van der Waals surface area contributed by atoms with Gasteiger partial charge < -0.3 is 19.5 Å². The zero-order chi connectivity index (χ0) is 13.1. The molecule has 0 amide bonds. The summed E-state index contributed by atoms with van der Waals surface area (Å²) >= 11 is 0. The second kappa shape index (κ2) is 5.05. The number of aromatic nitrogens is 2. The van der Waals surface area contributed by atoms with Crippen molar-refractivity contribution in [2.75, 3.05) is 7.11 Å². The second-order valence-electron chi connectivity index (χ2n) is 3.76. The second-order valence-corrected chi connectivity index (χ2v) is 3.76. The molecule has 1 aromatic heterocycles. The summed E-state index contributed by atoms with van der Waals surface area (Å²) in [6.07, 6.45) is 0.429. The molecule has 1 unspecified atom stereocenters. The van der Waals surface area contributed by atoms with Gasteiger partial charge in [0.05, 0.1) is 0 Å². The van der Waals surface area contributed by atoms with Crippen molar-refractivity contribution in [1.29, 1.82) is 0 Å². The summed E-state index contributed by atoms with van der Waals surface area (Å²) < 4.78 is 10.2. The van der Waals surface area contributed by atoms with E-state index in [1.807, 2.05) is 6.92 Å². The van der Waals surface area contributed by atoms with E-state index in [0.29, 0.717) is 12.2 Å². The minimum absolute atomic E-state index is 0.0658. The molecule has 1 heterocycles. The third-order valence-electron chi connectivity index (χ3n) is 2.62. The van der Waals surface area contributed by atoms with Gasteiger partial charge in [0, 0.05) is 7.11 Å². The van der Waals surface area contributed by atoms with Crippen molar-refractivity contribution in [3.63, 3.8) is 0 Å².